The highest BCUT2D eigenvalue weighted by atomic mass is 15.0. The number of benzene rings is 6. The van der Waals surface area contributed by atoms with Gasteiger partial charge in [0.1, 0.15) is 5.65 Å². The van der Waals surface area contributed by atoms with Gasteiger partial charge < -0.3 is 4.57 Å². The molecule has 0 radical (unpaired) electrons. The van der Waals surface area contributed by atoms with Gasteiger partial charge in [-0.2, -0.15) is 0 Å². The Morgan fingerprint density at radius 3 is 2.00 bits per heavy atom. The minimum atomic E-state index is 1.00. The molecule has 3 aromatic heterocycles. The molecule has 6 aromatic carbocycles. The molecule has 0 unspecified atom stereocenters. The quantitative estimate of drug-likeness (QED) is 0.214. The third-order valence-corrected chi connectivity index (χ3v) is 8.05. The summed E-state index contributed by atoms with van der Waals surface area (Å²) in [6, 6.07) is 45.8. The summed E-state index contributed by atoms with van der Waals surface area (Å²) >= 11 is 0. The van der Waals surface area contributed by atoms with Gasteiger partial charge in [-0.1, -0.05) is 78.9 Å². The maximum absolute atomic E-state index is 5.14. The predicted octanol–water partition coefficient (Wildman–Crippen LogP) is 9.04. The fourth-order valence-electron chi connectivity index (χ4n) is 6.45. The summed E-state index contributed by atoms with van der Waals surface area (Å²) in [5.74, 6) is 0. The van der Waals surface area contributed by atoms with Crippen molar-refractivity contribution in [3.05, 3.63) is 127 Å². The van der Waals surface area contributed by atoms with Crippen LogP contribution in [0.3, 0.4) is 0 Å². The third kappa shape index (κ3) is 2.50. The van der Waals surface area contributed by atoms with E-state index in [9.17, 15) is 0 Å². The van der Waals surface area contributed by atoms with Crippen molar-refractivity contribution in [2.45, 2.75) is 0 Å². The lowest BCUT2D eigenvalue weighted by atomic mass is 10.00. The van der Waals surface area contributed by atoms with Gasteiger partial charge in [-0.25, -0.2) is 4.98 Å². The van der Waals surface area contributed by atoms with Gasteiger partial charge >= 0.3 is 0 Å². The van der Waals surface area contributed by atoms with Crippen LogP contribution < -0.4 is 0 Å². The summed E-state index contributed by atoms with van der Waals surface area (Å²) in [5, 5.41) is 8.70. The number of rotatable bonds is 1. The first-order valence-electron chi connectivity index (χ1n) is 13.0. The number of para-hydroxylation sites is 4. The normalized spacial score (nSPS) is 12.2. The summed E-state index contributed by atoms with van der Waals surface area (Å²) in [6.07, 6.45) is 0. The van der Waals surface area contributed by atoms with E-state index < -0.39 is 0 Å². The molecule has 0 amide bonds. The van der Waals surface area contributed by atoms with E-state index in [1.165, 1.54) is 59.9 Å². The fourth-order valence-corrected chi connectivity index (χ4v) is 6.45. The Kier molecular flexibility index (Phi) is 3.79. The Labute approximate surface area is 217 Å². The number of aromatic nitrogens is 3. The fraction of sp³-hybridized carbons (Fsp3) is 0. The zero-order valence-corrected chi connectivity index (χ0v) is 20.5. The molecule has 3 heterocycles. The van der Waals surface area contributed by atoms with Crippen LogP contribution in [-0.2, 0) is 0 Å². The zero-order valence-electron chi connectivity index (χ0n) is 20.5. The van der Waals surface area contributed by atoms with E-state index >= 15 is 0 Å². The van der Waals surface area contributed by atoms with Crippen LogP contribution >= 0.6 is 0 Å². The molecule has 0 aliphatic carbocycles. The summed E-state index contributed by atoms with van der Waals surface area (Å²) in [5.41, 5.74) is 7.93. The molecule has 9 aromatic rings. The van der Waals surface area contributed by atoms with Crippen molar-refractivity contribution < 1.29 is 0 Å². The summed E-state index contributed by atoms with van der Waals surface area (Å²) < 4.78 is 4.74. The topological polar surface area (TPSA) is 22.2 Å². The average molecular weight is 484 g/mol. The molecule has 0 aliphatic rings. The molecule has 0 atom stereocenters. The number of imidazole rings is 1. The predicted molar refractivity (Wildman–Crippen MR) is 160 cm³/mol. The molecule has 9 rings (SSSR count). The van der Waals surface area contributed by atoms with Gasteiger partial charge in [-0.15, -0.1) is 0 Å². The van der Waals surface area contributed by atoms with Gasteiger partial charge in [0.05, 0.1) is 27.6 Å². The molecule has 3 heteroatoms. The first-order chi connectivity index (χ1) is 18.9. The molecule has 0 saturated heterocycles. The molecule has 3 nitrogen and oxygen atoms in total. The third-order valence-electron chi connectivity index (χ3n) is 8.05. The van der Waals surface area contributed by atoms with E-state index in [-0.39, 0.29) is 0 Å². The van der Waals surface area contributed by atoms with Crippen LogP contribution in [0, 0.1) is 0 Å². The Morgan fingerprint density at radius 1 is 0.447 bits per heavy atom. The molecule has 0 bridgehead atoms. The van der Waals surface area contributed by atoms with E-state index in [0.717, 1.165) is 16.7 Å². The second-order valence-electron chi connectivity index (χ2n) is 10.0. The van der Waals surface area contributed by atoms with Gasteiger partial charge in [0.25, 0.3) is 0 Å². The van der Waals surface area contributed by atoms with Crippen LogP contribution in [0.5, 0.6) is 0 Å². The van der Waals surface area contributed by atoms with Crippen LogP contribution in [0.2, 0.25) is 0 Å². The van der Waals surface area contributed by atoms with Crippen molar-refractivity contribution in [3.8, 4) is 5.69 Å². The lowest BCUT2D eigenvalue weighted by Crippen LogP contribution is -1.95. The van der Waals surface area contributed by atoms with E-state index in [2.05, 4.69) is 136 Å². The van der Waals surface area contributed by atoms with Gasteiger partial charge in [-0.3, -0.25) is 4.40 Å². The van der Waals surface area contributed by atoms with Crippen molar-refractivity contribution in [3.63, 3.8) is 0 Å². The van der Waals surface area contributed by atoms with E-state index in [1.807, 2.05) is 0 Å². The molecule has 0 fully saturated rings. The number of fused-ring (bicyclic) bond motifs is 13. The molecule has 0 saturated carbocycles. The van der Waals surface area contributed by atoms with Crippen molar-refractivity contribution in [1.29, 1.82) is 0 Å². The van der Waals surface area contributed by atoms with Crippen LogP contribution in [-0.4, -0.2) is 14.0 Å². The Morgan fingerprint density at radius 2 is 1.13 bits per heavy atom. The van der Waals surface area contributed by atoms with Gasteiger partial charge in [0, 0.05) is 32.6 Å². The smallest absolute Gasteiger partial charge is 0.146 e. The highest BCUT2D eigenvalue weighted by Crippen LogP contribution is 2.42. The van der Waals surface area contributed by atoms with Crippen LogP contribution in [0.25, 0.3) is 76.6 Å². The van der Waals surface area contributed by atoms with E-state index in [4.69, 9.17) is 4.98 Å². The monoisotopic (exact) mass is 483 g/mol. The van der Waals surface area contributed by atoms with Crippen molar-refractivity contribution >= 4 is 70.9 Å². The largest absolute Gasteiger partial charge is 0.309 e. The average Bonchev–Trinajstić information content (AvgIpc) is 3.53. The van der Waals surface area contributed by atoms with E-state index in [1.54, 1.807) is 0 Å². The number of hydrogen-bond donors (Lipinski definition) is 0. The summed E-state index contributed by atoms with van der Waals surface area (Å²) in [4.78, 5) is 5.14. The molecule has 0 N–H and O–H groups in total. The second kappa shape index (κ2) is 7.21. The summed E-state index contributed by atoms with van der Waals surface area (Å²) in [6.45, 7) is 0. The first kappa shape index (κ1) is 20.0. The van der Waals surface area contributed by atoms with E-state index in [0.29, 0.717) is 0 Å². The Hall–Kier alpha value is -5.15. The number of nitrogens with zero attached hydrogens (tertiary/aromatic N) is 3. The molecular weight excluding hydrogens is 462 g/mol. The van der Waals surface area contributed by atoms with Crippen molar-refractivity contribution in [1.82, 2.24) is 14.0 Å². The van der Waals surface area contributed by atoms with Gasteiger partial charge in [0.15, 0.2) is 0 Å². The highest BCUT2D eigenvalue weighted by Gasteiger charge is 2.20. The Bertz CT molecular complexity index is 2410. The zero-order chi connectivity index (χ0) is 24.8. The lowest BCUT2D eigenvalue weighted by Gasteiger charge is -2.12. The summed E-state index contributed by atoms with van der Waals surface area (Å²) in [7, 11) is 0. The molecule has 0 aliphatic heterocycles. The standard InChI is InChI=1S/C35H21N3/c1-2-10-23-21-24(18-17-22(23)9-1)37-29-14-6-4-12-26(29)34-32(37)20-19-27-33(34)25-11-3-7-15-30(25)38-31-16-8-5-13-28(31)36-35(27)38/h1-21H. The van der Waals surface area contributed by atoms with Crippen molar-refractivity contribution in [2.75, 3.05) is 0 Å². The number of pyridine rings is 1. The molecule has 0 spiro atoms. The highest BCUT2D eigenvalue weighted by molar-refractivity contribution is 6.30. The van der Waals surface area contributed by atoms with Crippen LogP contribution in [0.15, 0.2) is 127 Å². The van der Waals surface area contributed by atoms with Gasteiger partial charge in [-0.05, 0) is 59.3 Å². The van der Waals surface area contributed by atoms with Crippen LogP contribution in [0.4, 0.5) is 0 Å². The van der Waals surface area contributed by atoms with Gasteiger partial charge in [0.2, 0.25) is 0 Å². The minimum absolute atomic E-state index is 1.00. The molecule has 38 heavy (non-hydrogen) atoms. The number of hydrogen-bond acceptors (Lipinski definition) is 1. The minimum Gasteiger partial charge on any atom is -0.309 e. The maximum atomic E-state index is 5.14. The lowest BCUT2D eigenvalue weighted by molar-refractivity contribution is 1.19. The van der Waals surface area contributed by atoms with Crippen molar-refractivity contribution in [2.24, 2.45) is 0 Å². The molecular formula is C35H21N3. The second-order valence-corrected chi connectivity index (χ2v) is 10.0. The Balaban J connectivity index is 1.53. The van der Waals surface area contributed by atoms with Crippen LogP contribution in [0.1, 0.15) is 0 Å². The first-order valence-corrected chi connectivity index (χ1v) is 13.0. The SMILES string of the molecule is c1ccc2cc(-n3c4ccccc4c4c5c6ccccc6n6c7ccccc7nc6c5ccc43)ccc2c1. The maximum Gasteiger partial charge on any atom is 0.146 e. The molecule has 176 valence electrons.